The van der Waals surface area contributed by atoms with E-state index in [1.807, 2.05) is 30.3 Å². The molecule has 0 radical (unpaired) electrons. The first-order chi connectivity index (χ1) is 21.3. The van der Waals surface area contributed by atoms with Gasteiger partial charge in [-0.3, -0.25) is 24.1 Å². The Labute approximate surface area is 258 Å². The van der Waals surface area contributed by atoms with E-state index in [4.69, 9.17) is 9.47 Å². The minimum absolute atomic E-state index is 0.00513. The molecule has 3 aliphatic rings. The topological polar surface area (TPSA) is 121 Å². The molecule has 2 fully saturated rings. The van der Waals surface area contributed by atoms with Crippen LogP contribution in [-0.2, 0) is 25.5 Å². The van der Waals surface area contributed by atoms with Gasteiger partial charge in [-0.25, -0.2) is 0 Å². The molecule has 2 aliphatic heterocycles. The van der Waals surface area contributed by atoms with Crippen LogP contribution in [0.25, 0.3) is 0 Å². The normalized spacial score (nSPS) is 23.1. The zero-order valence-corrected chi connectivity index (χ0v) is 25.6. The number of rotatable bonds is 6. The molecular formula is C33H43N5O6. The van der Waals surface area contributed by atoms with E-state index in [0.717, 1.165) is 12.1 Å². The van der Waals surface area contributed by atoms with Crippen LogP contribution in [0.3, 0.4) is 0 Å². The number of carbonyl (C=O) groups excluding carboxylic acids is 4. The van der Waals surface area contributed by atoms with E-state index in [0.29, 0.717) is 63.4 Å². The number of amides is 4. The summed E-state index contributed by atoms with van der Waals surface area (Å²) in [6, 6.07) is 15.5. The van der Waals surface area contributed by atoms with E-state index in [1.54, 1.807) is 48.2 Å². The van der Waals surface area contributed by atoms with Crippen molar-refractivity contribution < 1.29 is 28.7 Å². The Morgan fingerprint density at radius 1 is 1.00 bits per heavy atom. The number of methoxy groups -OCH3 is 1. The van der Waals surface area contributed by atoms with E-state index in [2.05, 4.69) is 15.5 Å². The summed E-state index contributed by atoms with van der Waals surface area (Å²) < 4.78 is 11.4. The SMILES string of the molecule is COCCN1CCN(C(=O)[C@@H]2CCC(=O)NC3(CC3)C(=O)N(C)[C@@H](Cc3ccccc3)COc3ccccc3C(=O)N2)CC1. The first-order valence-corrected chi connectivity index (χ1v) is 15.4. The first-order valence-electron chi connectivity index (χ1n) is 15.4. The van der Waals surface area contributed by atoms with Crippen molar-refractivity contribution in [2.75, 3.05) is 60.1 Å². The summed E-state index contributed by atoms with van der Waals surface area (Å²) in [5.41, 5.74) is 0.375. The molecule has 5 rings (SSSR count). The monoisotopic (exact) mass is 605 g/mol. The third-order valence-electron chi connectivity index (χ3n) is 8.84. The number of nitrogens with one attached hydrogen (secondary N) is 2. The number of likely N-dealkylation sites (N-methyl/N-ethyl adjacent to an activating group) is 1. The number of piperazine rings is 1. The van der Waals surface area contributed by atoms with Crippen molar-refractivity contribution in [2.24, 2.45) is 0 Å². The molecule has 4 amide bonds. The van der Waals surface area contributed by atoms with Crippen LogP contribution >= 0.6 is 0 Å². The summed E-state index contributed by atoms with van der Waals surface area (Å²) >= 11 is 0. The quantitative estimate of drug-likeness (QED) is 0.512. The minimum Gasteiger partial charge on any atom is -0.491 e. The van der Waals surface area contributed by atoms with Gasteiger partial charge in [0.2, 0.25) is 17.7 Å². The molecule has 11 heteroatoms. The molecule has 2 N–H and O–H groups in total. The van der Waals surface area contributed by atoms with Crippen LogP contribution in [0.2, 0.25) is 0 Å². The van der Waals surface area contributed by atoms with Gasteiger partial charge in [0.1, 0.15) is 23.9 Å². The number of fused-ring (bicyclic) bond motifs is 1. The molecule has 1 aliphatic carbocycles. The molecule has 11 nitrogen and oxygen atoms in total. The molecule has 2 atom stereocenters. The highest BCUT2D eigenvalue weighted by Crippen LogP contribution is 2.38. The van der Waals surface area contributed by atoms with E-state index in [1.165, 1.54) is 0 Å². The van der Waals surface area contributed by atoms with Crippen LogP contribution in [-0.4, -0.2) is 116 Å². The van der Waals surface area contributed by atoms with Crippen molar-refractivity contribution in [3.8, 4) is 5.75 Å². The third kappa shape index (κ3) is 7.57. The summed E-state index contributed by atoms with van der Waals surface area (Å²) in [5, 5.41) is 5.88. The van der Waals surface area contributed by atoms with Crippen molar-refractivity contribution in [2.45, 2.75) is 49.7 Å². The maximum absolute atomic E-state index is 13.8. The fourth-order valence-electron chi connectivity index (χ4n) is 5.91. The number of ether oxygens (including phenoxy) is 2. The lowest BCUT2D eigenvalue weighted by Gasteiger charge is -2.36. The molecule has 2 aromatic rings. The minimum atomic E-state index is -0.958. The predicted molar refractivity (Wildman–Crippen MR) is 164 cm³/mol. The number of benzene rings is 2. The van der Waals surface area contributed by atoms with Gasteiger partial charge in [0, 0.05) is 53.3 Å². The summed E-state index contributed by atoms with van der Waals surface area (Å²) in [7, 11) is 3.41. The number of hydrogen-bond donors (Lipinski definition) is 2. The van der Waals surface area contributed by atoms with Gasteiger partial charge < -0.3 is 29.9 Å². The second kappa shape index (κ2) is 14.2. The Balaban J connectivity index is 1.38. The van der Waals surface area contributed by atoms with Crippen molar-refractivity contribution in [1.29, 1.82) is 0 Å². The molecule has 2 aromatic carbocycles. The molecule has 0 aromatic heterocycles. The molecule has 44 heavy (non-hydrogen) atoms. The number of hydrogen-bond acceptors (Lipinski definition) is 7. The second-order valence-electron chi connectivity index (χ2n) is 11.9. The van der Waals surface area contributed by atoms with Crippen LogP contribution in [0, 0.1) is 0 Å². The van der Waals surface area contributed by atoms with E-state index >= 15 is 0 Å². The van der Waals surface area contributed by atoms with Crippen LogP contribution in [0.1, 0.15) is 41.6 Å². The molecule has 1 spiro atoms. The average Bonchev–Trinajstić information content (AvgIpc) is 3.83. The van der Waals surface area contributed by atoms with Crippen molar-refractivity contribution in [3.05, 3.63) is 65.7 Å². The van der Waals surface area contributed by atoms with E-state index < -0.39 is 17.5 Å². The van der Waals surface area contributed by atoms with Gasteiger partial charge in [-0.1, -0.05) is 42.5 Å². The zero-order valence-electron chi connectivity index (χ0n) is 25.6. The maximum atomic E-state index is 13.8. The second-order valence-corrected chi connectivity index (χ2v) is 11.9. The van der Waals surface area contributed by atoms with Crippen molar-refractivity contribution >= 4 is 23.6 Å². The predicted octanol–water partition coefficient (Wildman–Crippen LogP) is 1.47. The van der Waals surface area contributed by atoms with Gasteiger partial charge in [-0.15, -0.1) is 0 Å². The standard InChI is InChI=1S/C33H43N5O6/c1-36-25(22-24-8-4-3-5-9-24)23-44-28-11-7-6-10-26(28)30(40)34-27(12-13-29(39)35-33(14-15-33)32(36)42)31(41)38-18-16-37(17-19-38)20-21-43-2/h3-11,25,27H,12-23H2,1-2H3,(H,34,40)(H,35,39)/t25-,27-/m0/s1. The van der Waals surface area contributed by atoms with Gasteiger partial charge >= 0.3 is 0 Å². The van der Waals surface area contributed by atoms with Crippen LogP contribution < -0.4 is 15.4 Å². The summed E-state index contributed by atoms with van der Waals surface area (Å²) in [6.07, 6.45) is 1.75. The smallest absolute Gasteiger partial charge is 0.255 e. The average molecular weight is 606 g/mol. The molecule has 1 saturated heterocycles. The molecule has 2 heterocycles. The highest BCUT2D eigenvalue weighted by Gasteiger charge is 2.53. The van der Waals surface area contributed by atoms with Crippen LogP contribution in [0.15, 0.2) is 54.6 Å². The molecule has 0 unspecified atom stereocenters. The Hall–Kier alpha value is -3.96. The zero-order chi connectivity index (χ0) is 31.1. The largest absolute Gasteiger partial charge is 0.491 e. The van der Waals surface area contributed by atoms with E-state index in [9.17, 15) is 19.2 Å². The molecule has 0 bridgehead atoms. The fraction of sp³-hybridized carbons (Fsp3) is 0.515. The maximum Gasteiger partial charge on any atom is 0.255 e. The molecule has 236 valence electrons. The number of carbonyl (C=O) groups is 4. The Bertz CT molecular complexity index is 1320. The number of para-hydroxylation sites is 1. The van der Waals surface area contributed by atoms with Gasteiger partial charge in [-0.2, -0.15) is 0 Å². The summed E-state index contributed by atoms with van der Waals surface area (Å²) in [4.78, 5) is 60.0. The Kier molecular flexibility index (Phi) is 10.2. The van der Waals surface area contributed by atoms with Gasteiger partial charge in [-0.05, 0) is 43.4 Å². The lowest BCUT2D eigenvalue weighted by Crippen LogP contribution is -2.55. The highest BCUT2D eigenvalue weighted by atomic mass is 16.5. The van der Waals surface area contributed by atoms with Crippen molar-refractivity contribution in [1.82, 2.24) is 25.3 Å². The summed E-state index contributed by atoms with van der Waals surface area (Å²) in [6.45, 7) is 4.00. The van der Waals surface area contributed by atoms with Gasteiger partial charge in [0.15, 0.2) is 0 Å². The van der Waals surface area contributed by atoms with Crippen LogP contribution in [0.4, 0.5) is 0 Å². The Morgan fingerprint density at radius 3 is 2.41 bits per heavy atom. The summed E-state index contributed by atoms with van der Waals surface area (Å²) in [5.74, 6) is -0.776. The van der Waals surface area contributed by atoms with Crippen LogP contribution in [0.5, 0.6) is 5.75 Å². The van der Waals surface area contributed by atoms with Gasteiger partial charge in [0.25, 0.3) is 5.91 Å². The highest BCUT2D eigenvalue weighted by molar-refractivity contribution is 6.00. The lowest BCUT2D eigenvalue weighted by atomic mass is 10.0. The Morgan fingerprint density at radius 2 is 1.70 bits per heavy atom. The molecule has 1 saturated carbocycles. The van der Waals surface area contributed by atoms with Crippen molar-refractivity contribution in [3.63, 3.8) is 0 Å². The molecular weight excluding hydrogens is 562 g/mol. The third-order valence-corrected chi connectivity index (χ3v) is 8.84. The van der Waals surface area contributed by atoms with E-state index in [-0.39, 0.29) is 43.2 Å². The fourth-order valence-corrected chi connectivity index (χ4v) is 5.91. The first kappa shape index (κ1) is 31.5. The number of nitrogens with zero attached hydrogens (tertiary/aromatic N) is 3. The van der Waals surface area contributed by atoms with Gasteiger partial charge in [0.05, 0.1) is 18.2 Å². The lowest BCUT2D eigenvalue weighted by molar-refractivity contribution is -0.139.